The number of benzene rings is 1. The van der Waals surface area contributed by atoms with Crippen LogP contribution in [0.4, 0.5) is 5.69 Å². The van der Waals surface area contributed by atoms with Gasteiger partial charge < -0.3 is 11.1 Å². The minimum absolute atomic E-state index is 0.121. The lowest BCUT2D eigenvalue weighted by Gasteiger charge is -2.49. The summed E-state index contributed by atoms with van der Waals surface area (Å²) in [6.07, 6.45) is 4.14. The normalized spacial score (nSPS) is 27.1. The van der Waals surface area contributed by atoms with E-state index >= 15 is 0 Å². The number of nitrogens with two attached hydrogens (primary N) is 1. The number of nitrogen functional groups attached to an aromatic ring is 1. The Bertz CT molecular complexity index is 816. The van der Waals surface area contributed by atoms with E-state index in [1.807, 2.05) is 49.0 Å². The highest BCUT2D eigenvalue weighted by molar-refractivity contribution is 5.79. The molecule has 2 aromatic rings. The van der Waals surface area contributed by atoms with Crippen molar-refractivity contribution in [2.75, 3.05) is 18.8 Å². The Morgan fingerprint density at radius 1 is 1.41 bits per heavy atom. The fourth-order valence-corrected chi connectivity index (χ4v) is 4.45. The molecule has 3 N–H and O–H groups in total. The molecule has 0 aliphatic carbocycles. The van der Waals surface area contributed by atoms with Crippen LogP contribution in [0.25, 0.3) is 11.3 Å². The Hall–Kier alpha value is -2.41. The van der Waals surface area contributed by atoms with Gasteiger partial charge in [-0.25, -0.2) is 0 Å². The van der Waals surface area contributed by atoms with Gasteiger partial charge in [-0.1, -0.05) is 17.3 Å². The molecular formula is C20H28N6O. The Balaban J connectivity index is 1.41. The van der Waals surface area contributed by atoms with Crippen molar-refractivity contribution < 1.29 is 4.79 Å². The number of nitrogens with one attached hydrogen (secondary N) is 1. The van der Waals surface area contributed by atoms with Gasteiger partial charge in [0, 0.05) is 29.9 Å². The van der Waals surface area contributed by atoms with Crippen molar-refractivity contribution in [3.8, 4) is 11.3 Å². The smallest absolute Gasteiger partial charge is 0.224 e. The molecule has 3 fully saturated rings. The predicted octanol–water partition coefficient (Wildman–Crippen LogP) is 1.76. The van der Waals surface area contributed by atoms with Gasteiger partial charge in [-0.2, -0.15) is 0 Å². The number of amides is 1. The molecule has 7 heteroatoms. The summed E-state index contributed by atoms with van der Waals surface area (Å²) in [7, 11) is 0. The lowest BCUT2D eigenvalue weighted by atomic mass is 9.75. The zero-order valence-electron chi connectivity index (χ0n) is 16.0. The summed E-state index contributed by atoms with van der Waals surface area (Å²) in [5, 5.41) is 11.7. The molecule has 0 spiro atoms. The quantitative estimate of drug-likeness (QED) is 0.785. The van der Waals surface area contributed by atoms with Gasteiger partial charge in [-0.15, -0.1) is 5.10 Å². The lowest BCUT2D eigenvalue weighted by Crippen LogP contribution is -2.58. The molecule has 7 nitrogen and oxygen atoms in total. The number of nitrogens with zero attached hydrogens (tertiary/aromatic N) is 4. The molecule has 3 aliphatic rings. The highest BCUT2D eigenvalue weighted by Crippen LogP contribution is 2.37. The number of hydrogen-bond acceptors (Lipinski definition) is 5. The molecule has 4 heterocycles. The number of carbonyl (C=O) groups is 1. The molecule has 5 rings (SSSR count). The summed E-state index contributed by atoms with van der Waals surface area (Å²) < 4.78 is 1.92. The molecule has 1 aromatic carbocycles. The first kappa shape index (κ1) is 18.0. The van der Waals surface area contributed by atoms with E-state index < -0.39 is 0 Å². The van der Waals surface area contributed by atoms with Crippen LogP contribution in [-0.4, -0.2) is 51.0 Å². The van der Waals surface area contributed by atoms with Crippen molar-refractivity contribution in [2.45, 2.75) is 45.3 Å². The van der Waals surface area contributed by atoms with Crippen LogP contribution in [0.1, 0.15) is 26.7 Å². The molecule has 4 atom stereocenters. The maximum atomic E-state index is 12.5. The molecule has 2 bridgehead atoms. The molecule has 144 valence electrons. The van der Waals surface area contributed by atoms with E-state index in [1.54, 1.807) is 0 Å². The van der Waals surface area contributed by atoms with Gasteiger partial charge in [0.05, 0.1) is 18.7 Å². The number of piperidine rings is 3. The molecular weight excluding hydrogens is 340 g/mol. The average molecular weight is 368 g/mol. The minimum Gasteiger partial charge on any atom is -0.399 e. The molecule has 1 amide bonds. The maximum absolute atomic E-state index is 12.5. The summed E-state index contributed by atoms with van der Waals surface area (Å²) in [4.78, 5) is 14.9. The SMILES string of the molecule is CC(C)NC(=O)C1CN2CCC1CC2Cn1cc(-c2cccc(N)c2)nn1. The zero-order chi connectivity index (χ0) is 19.0. The van der Waals surface area contributed by atoms with Gasteiger partial charge in [0.15, 0.2) is 0 Å². The first-order valence-corrected chi connectivity index (χ1v) is 9.80. The Kier molecular flexibility index (Phi) is 4.86. The Morgan fingerprint density at radius 3 is 2.96 bits per heavy atom. The van der Waals surface area contributed by atoms with Crippen LogP contribution in [0.15, 0.2) is 30.5 Å². The molecule has 1 aromatic heterocycles. The van der Waals surface area contributed by atoms with E-state index in [2.05, 4.69) is 20.5 Å². The van der Waals surface area contributed by atoms with Gasteiger partial charge in [0.1, 0.15) is 5.69 Å². The van der Waals surface area contributed by atoms with Crippen LogP contribution < -0.4 is 11.1 Å². The monoisotopic (exact) mass is 368 g/mol. The van der Waals surface area contributed by atoms with Crippen LogP contribution in [0, 0.1) is 11.8 Å². The maximum Gasteiger partial charge on any atom is 0.224 e. The number of aromatic nitrogens is 3. The number of fused-ring (bicyclic) bond motifs is 3. The number of carbonyl (C=O) groups excluding carboxylic acids is 1. The summed E-state index contributed by atoms with van der Waals surface area (Å²) >= 11 is 0. The molecule has 3 saturated heterocycles. The third-order valence-electron chi connectivity index (χ3n) is 5.77. The Labute approximate surface area is 159 Å². The summed E-state index contributed by atoms with van der Waals surface area (Å²) in [5.74, 6) is 0.800. The molecule has 0 radical (unpaired) electrons. The van der Waals surface area contributed by atoms with Crippen molar-refractivity contribution in [1.29, 1.82) is 0 Å². The largest absolute Gasteiger partial charge is 0.399 e. The second kappa shape index (κ2) is 7.31. The van der Waals surface area contributed by atoms with Crippen LogP contribution in [0.5, 0.6) is 0 Å². The van der Waals surface area contributed by atoms with Crippen molar-refractivity contribution in [2.24, 2.45) is 11.8 Å². The number of rotatable bonds is 5. The molecule has 3 aliphatic heterocycles. The number of anilines is 1. The van der Waals surface area contributed by atoms with Crippen LogP contribution in [-0.2, 0) is 11.3 Å². The van der Waals surface area contributed by atoms with E-state index in [1.165, 1.54) is 0 Å². The molecule has 27 heavy (non-hydrogen) atoms. The van der Waals surface area contributed by atoms with E-state index in [0.717, 1.165) is 49.4 Å². The first-order valence-electron chi connectivity index (χ1n) is 9.80. The Morgan fingerprint density at radius 2 is 2.26 bits per heavy atom. The number of hydrogen-bond donors (Lipinski definition) is 2. The third kappa shape index (κ3) is 3.83. The van der Waals surface area contributed by atoms with Gasteiger partial charge in [0.25, 0.3) is 0 Å². The van der Waals surface area contributed by atoms with E-state index in [9.17, 15) is 4.79 Å². The second-order valence-electron chi connectivity index (χ2n) is 8.15. The van der Waals surface area contributed by atoms with E-state index in [-0.39, 0.29) is 17.9 Å². The zero-order valence-corrected chi connectivity index (χ0v) is 16.0. The van der Waals surface area contributed by atoms with Crippen molar-refractivity contribution in [3.63, 3.8) is 0 Å². The van der Waals surface area contributed by atoms with Gasteiger partial charge in [-0.05, 0) is 51.3 Å². The van der Waals surface area contributed by atoms with Gasteiger partial charge >= 0.3 is 0 Å². The first-order chi connectivity index (χ1) is 13.0. The van der Waals surface area contributed by atoms with Gasteiger partial charge in [-0.3, -0.25) is 14.4 Å². The summed E-state index contributed by atoms with van der Waals surface area (Å²) in [6.45, 7) is 6.77. The topological polar surface area (TPSA) is 89.1 Å². The fraction of sp³-hybridized carbons (Fsp3) is 0.550. The second-order valence-corrected chi connectivity index (χ2v) is 8.15. The molecule has 4 unspecified atom stereocenters. The standard InChI is InChI=1S/C20H28N6O/c1-13(2)22-20(27)18-11-25-7-6-14(18)9-17(25)10-26-12-19(23-24-26)15-4-3-5-16(21)8-15/h3-5,8,12-14,17-18H,6-7,9-11,21H2,1-2H3,(H,22,27). The lowest BCUT2D eigenvalue weighted by molar-refractivity contribution is -0.133. The van der Waals surface area contributed by atoms with Crippen molar-refractivity contribution >= 4 is 11.6 Å². The predicted molar refractivity (Wildman–Crippen MR) is 105 cm³/mol. The third-order valence-corrected chi connectivity index (χ3v) is 5.77. The van der Waals surface area contributed by atoms with Crippen LogP contribution >= 0.6 is 0 Å². The van der Waals surface area contributed by atoms with Gasteiger partial charge in [0.2, 0.25) is 5.91 Å². The molecule has 0 saturated carbocycles. The van der Waals surface area contributed by atoms with Crippen molar-refractivity contribution in [3.05, 3.63) is 30.5 Å². The summed E-state index contributed by atoms with van der Waals surface area (Å²) in [6, 6.07) is 8.32. The summed E-state index contributed by atoms with van der Waals surface area (Å²) in [5.41, 5.74) is 8.42. The average Bonchev–Trinajstić information content (AvgIpc) is 3.10. The minimum atomic E-state index is 0.121. The fourth-order valence-electron chi connectivity index (χ4n) is 4.45. The van der Waals surface area contributed by atoms with Crippen molar-refractivity contribution in [1.82, 2.24) is 25.2 Å². The van der Waals surface area contributed by atoms with E-state index in [0.29, 0.717) is 12.0 Å². The van der Waals surface area contributed by atoms with Crippen LogP contribution in [0.3, 0.4) is 0 Å². The highest BCUT2D eigenvalue weighted by atomic mass is 16.2. The highest BCUT2D eigenvalue weighted by Gasteiger charge is 2.43. The van der Waals surface area contributed by atoms with Crippen LogP contribution in [0.2, 0.25) is 0 Å². The van der Waals surface area contributed by atoms with E-state index in [4.69, 9.17) is 5.73 Å².